The van der Waals surface area contributed by atoms with Crippen LogP contribution in [0.2, 0.25) is 0 Å². The van der Waals surface area contributed by atoms with Gasteiger partial charge in [0.2, 0.25) is 6.33 Å². The highest BCUT2D eigenvalue weighted by molar-refractivity contribution is 5.76. The molecule has 6 nitrogen and oxygen atoms in total. The van der Waals surface area contributed by atoms with Gasteiger partial charge in [0.15, 0.2) is 24.1 Å². The van der Waals surface area contributed by atoms with Gasteiger partial charge >= 0.3 is 11.9 Å². The number of imidazole rings is 1. The highest BCUT2D eigenvalue weighted by Crippen LogP contribution is 2.12. The predicted molar refractivity (Wildman–Crippen MR) is 149 cm³/mol. The molecule has 6 heteroatoms. The summed E-state index contributed by atoms with van der Waals surface area (Å²) in [7, 11) is 0. The smallest absolute Gasteiger partial charge is 0.348 e. The molecule has 2 aromatic rings. The van der Waals surface area contributed by atoms with Gasteiger partial charge in [0.1, 0.15) is 0 Å². The van der Waals surface area contributed by atoms with Gasteiger partial charge in [0.25, 0.3) is 0 Å². The number of hydrogen-bond acceptors (Lipinski definition) is 4. The fourth-order valence-corrected chi connectivity index (χ4v) is 4.71. The maximum Gasteiger partial charge on any atom is 0.348 e. The van der Waals surface area contributed by atoms with Gasteiger partial charge in [-0.1, -0.05) is 116 Å². The lowest BCUT2D eigenvalue weighted by Gasteiger charge is -2.04. The molecule has 0 atom stereocenters. The maximum absolute atomic E-state index is 12.5. The number of unbranched alkanes of at least 4 members (excludes halogenated alkanes) is 14. The van der Waals surface area contributed by atoms with E-state index in [1.165, 1.54) is 77.0 Å². The summed E-state index contributed by atoms with van der Waals surface area (Å²) in [6.07, 6.45) is 21.3. The third-order valence-corrected chi connectivity index (χ3v) is 6.90. The molecule has 0 aliphatic carbocycles. The Kier molecular flexibility index (Phi) is 16.4. The first-order valence-electron chi connectivity index (χ1n) is 14.9. The monoisotopic (exact) mass is 515 g/mol. The number of benzene rings is 1. The second-order valence-electron chi connectivity index (χ2n) is 10.3. The van der Waals surface area contributed by atoms with Gasteiger partial charge in [-0.2, -0.15) is 0 Å². The van der Waals surface area contributed by atoms with Gasteiger partial charge in [-0.25, -0.2) is 18.7 Å². The topological polar surface area (TPSA) is 61.4 Å². The van der Waals surface area contributed by atoms with Crippen molar-refractivity contribution in [3.05, 3.63) is 30.6 Å². The van der Waals surface area contributed by atoms with E-state index in [-0.39, 0.29) is 25.0 Å². The molecule has 2 rings (SSSR count). The Bertz CT molecular complexity index is 822. The highest BCUT2D eigenvalue weighted by atomic mass is 16.5. The van der Waals surface area contributed by atoms with Crippen LogP contribution in [0.25, 0.3) is 11.0 Å². The van der Waals surface area contributed by atoms with Gasteiger partial charge in [-0.05, 0) is 25.0 Å². The van der Waals surface area contributed by atoms with Crippen molar-refractivity contribution >= 4 is 23.0 Å². The second kappa shape index (κ2) is 19.7. The van der Waals surface area contributed by atoms with Crippen LogP contribution < -0.4 is 4.57 Å². The summed E-state index contributed by atoms with van der Waals surface area (Å²) >= 11 is 0. The fraction of sp³-hybridized carbons (Fsp3) is 0.710. The van der Waals surface area contributed by atoms with Crippen molar-refractivity contribution in [3.63, 3.8) is 0 Å². The van der Waals surface area contributed by atoms with Crippen LogP contribution in [-0.2, 0) is 32.2 Å². The molecule has 1 heterocycles. The molecule has 0 spiro atoms. The molecule has 0 saturated carbocycles. The molecule has 0 bridgehead atoms. The van der Waals surface area contributed by atoms with Crippen LogP contribution in [0.15, 0.2) is 30.6 Å². The number of esters is 2. The standard InChI is InChI=1S/C31H51N2O4/c1-3-5-7-9-11-13-15-19-23-36-30(34)25-32-27-33(29-22-18-17-21-28(29)32)26-31(35)37-24-20-16-14-12-10-8-6-4-2/h17-18,21-22,27H,3-16,19-20,23-26H2,1-2H3/q+1. The van der Waals surface area contributed by atoms with E-state index in [1.807, 2.05) is 39.7 Å². The highest BCUT2D eigenvalue weighted by Gasteiger charge is 2.20. The SMILES string of the molecule is CCCCCCCCCCOC(=O)Cn1c[n+](CC(=O)OCCCCCCCCCC)c2ccccc21. The van der Waals surface area contributed by atoms with E-state index in [4.69, 9.17) is 9.47 Å². The Morgan fingerprint density at radius 2 is 1.16 bits per heavy atom. The molecule has 0 aliphatic rings. The summed E-state index contributed by atoms with van der Waals surface area (Å²) < 4.78 is 14.7. The minimum absolute atomic E-state index is 0.137. The second-order valence-corrected chi connectivity index (χ2v) is 10.3. The first kappa shape index (κ1) is 30.9. The molecule has 1 aromatic carbocycles. The van der Waals surface area contributed by atoms with Gasteiger partial charge in [0.05, 0.1) is 13.2 Å². The molecule has 208 valence electrons. The number of rotatable bonds is 22. The normalized spacial score (nSPS) is 11.2. The van der Waals surface area contributed by atoms with Crippen LogP contribution in [0, 0.1) is 0 Å². The number of carbonyl (C=O) groups excluding carboxylic acids is 2. The Morgan fingerprint density at radius 1 is 0.676 bits per heavy atom. The fourth-order valence-electron chi connectivity index (χ4n) is 4.71. The number of para-hydroxylation sites is 2. The van der Waals surface area contributed by atoms with Crippen molar-refractivity contribution in [1.29, 1.82) is 0 Å². The summed E-state index contributed by atoms with van der Waals surface area (Å²) in [5.41, 5.74) is 1.81. The van der Waals surface area contributed by atoms with E-state index in [0.29, 0.717) is 13.2 Å². The van der Waals surface area contributed by atoms with Crippen LogP contribution in [0.1, 0.15) is 117 Å². The minimum Gasteiger partial charge on any atom is -0.463 e. The Hall–Kier alpha value is -2.37. The van der Waals surface area contributed by atoms with Crippen molar-refractivity contribution < 1.29 is 23.6 Å². The molecule has 0 amide bonds. The zero-order valence-corrected chi connectivity index (χ0v) is 23.6. The number of hydrogen-bond donors (Lipinski definition) is 0. The van der Waals surface area contributed by atoms with E-state index >= 15 is 0 Å². The third-order valence-electron chi connectivity index (χ3n) is 6.90. The van der Waals surface area contributed by atoms with Gasteiger partial charge in [0, 0.05) is 0 Å². The zero-order chi connectivity index (χ0) is 26.6. The quantitative estimate of drug-likeness (QED) is 0.0938. The van der Waals surface area contributed by atoms with Crippen molar-refractivity contribution in [2.45, 2.75) is 130 Å². The average molecular weight is 516 g/mol. The molecule has 0 saturated heterocycles. The van der Waals surface area contributed by atoms with Crippen molar-refractivity contribution in [2.24, 2.45) is 0 Å². The molecule has 0 radical (unpaired) electrons. The van der Waals surface area contributed by atoms with Gasteiger partial charge in [-0.3, -0.25) is 0 Å². The Balaban J connectivity index is 1.69. The number of carbonyl (C=O) groups is 2. The number of aromatic nitrogens is 2. The summed E-state index contributed by atoms with van der Waals surface area (Å²) in [6, 6.07) is 7.80. The lowest BCUT2D eigenvalue weighted by molar-refractivity contribution is -0.660. The molecule has 1 aromatic heterocycles. The number of fused-ring (bicyclic) bond motifs is 1. The van der Waals surface area contributed by atoms with E-state index in [0.717, 1.165) is 36.7 Å². The molecular formula is C31H51N2O4+. The predicted octanol–water partition coefficient (Wildman–Crippen LogP) is 7.30. The van der Waals surface area contributed by atoms with E-state index in [9.17, 15) is 9.59 Å². The molecular weight excluding hydrogens is 464 g/mol. The molecule has 0 unspecified atom stereocenters. The van der Waals surface area contributed by atoms with Crippen LogP contribution >= 0.6 is 0 Å². The lowest BCUT2D eigenvalue weighted by Crippen LogP contribution is -2.37. The van der Waals surface area contributed by atoms with Crippen LogP contribution in [0.4, 0.5) is 0 Å². The summed E-state index contributed by atoms with van der Waals surface area (Å²) in [5.74, 6) is -0.485. The molecule has 0 aliphatic heterocycles. The maximum atomic E-state index is 12.5. The van der Waals surface area contributed by atoms with Crippen LogP contribution in [0.3, 0.4) is 0 Å². The summed E-state index contributed by atoms with van der Waals surface area (Å²) in [4.78, 5) is 24.9. The van der Waals surface area contributed by atoms with E-state index in [2.05, 4.69) is 13.8 Å². The van der Waals surface area contributed by atoms with Gasteiger partial charge in [-0.15, -0.1) is 0 Å². The van der Waals surface area contributed by atoms with Crippen LogP contribution in [0.5, 0.6) is 0 Å². The first-order valence-corrected chi connectivity index (χ1v) is 14.9. The van der Waals surface area contributed by atoms with Gasteiger partial charge < -0.3 is 9.47 Å². The van der Waals surface area contributed by atoms with Crippen molar-refractivity contribution in [1.82, 2.24) is 4.57 Å². The first-order chi connectivity index (χ1) is 18.2. The molecule has 0 N–H and O–H groups in total. The Morgan fingerprint density at radius 3 is 1.73 bits per heavy atom. The number of nitrogens with zero attached hydrogens (tertiary/aromatic N) is 2. The average Bonchev–Trinajstić information content (AvgIpc) is 3.23. The molecule has 0 fully saturated rings. The van der Waals surface area contributed by atoms with Crippen molar-refractivity contribution in [3.8, 4) is 0 Å². The van der Waals surface area contributed by atoms with E-state index < -0.39 is 0 Å². The van der Waals surface area contributed by atoms with Crippen molar-refractivity contribution in [2.75, 3.05) is 13.2 Å². The molecule has 37 heavy (non-hydrogen) atoms. The Labute approximate surface area is 224 Å². The summed E-state index contributed by atoms with van der Waals surface area (Å²) in [5, 5.41) is 0. The van der Waals surface area contributed by atoms with Crippen LogP contribution in [-0.4, -0.2) is 29.7 Å². The summed E-state index contributed by atoms with van der Waals surface area (Å²) in [6.45, 7) is 5.68. The lowest BCUT2D eigenvalue weighted by atomic mass is 10.1. The minimum atomic E-state index is -0.242. The largest absolute Gasteiger partial charge is 0.463 e. The third kappa shape index (κ3) is 13.1. The van der Waals surface area contributed by atoms with E-state index in [1.54, 1.807) is 0 Å². The zero-order valence-electron chi connectivity index (χ0n) is 23.6. The number of ether oxygens (including phenoxy) is 2.